The van der Waals surface area contributed by atoms with Gasteiger partial charge in [0.15, 0.2) is 0 Å². The maximum absolute atomic E-state index is 9.93. The van der Waals surface area contributed by atoms with Crippen molar-refractivity contribution < 1.29 is 19.7 Å². The van der Waals surface area contributed by atoms with Crippen LogP contribution in [0.3, 0.4) is 0 Å². The van der Waals surface area contributed by atoms with Gasteiger partial charge in [0.25, 0.3) is 0 Å². The van der Waals surface area contributed by atoms with Crippen molar-refractivity contribution in [2.45, 2.75) is 35.5 Å². The molecule has 0 spiro atoms. The number of phenols is 2. The van der Waals surface area contributed by atoms with Crippen LogP contribution in [0, 0.1) is 0 Å². The zero-order valence-electron chi connectivity index (χ0n) is 18.5. The number of fused-ring (bicyclic) bond motifs is 1. The molecule has 5 rings (SSSR count). The van der Waals surface area contributed by atoms with Gasteiger partial charge in [-0.05, 0) is 73.5 Å². The number of thioether (sulfide) groups is 1. The average molecular weight is 464 g/mol. The molecule has 2 N–H and O–H groups in total. The molecule has 0 aliphatic carbocycles. The molecule has 172 valence electrons. The van der Waals surface area contributed by atoms with Gasteiger partial charge in [-0.3, -0.25) is 4.90 Å². The molecule has 0 saturated carbocycles. The summed E-state index contributed by atoms with van der Waals surface area (Å²) < 4.78 is 12.4. The molecule has 0 bridgehead atoms. The van der Waals surface area contributed by atoms with Crippen molar-refractivity contribution in [3.8, 4) is 23.0 Å². The van der Waals surface area contributed by atoms with E-state index in [4.69, 9.17) is 9.47 Å². The summed E-state index contributed by atoms with van der Waals surface area (Å²) in [6.07, 6.45) is 3.68. The Morgan fingerprint density at radius 2 is 1.55 bits per heavy atom. The van der Waals surface area contributed by atoms with Crippen LogP contribution in [0.5, 0.6) is 23.0 Å². The number of hydrogen-bond donors (Lipinski definition) is 2. The molecule has 0 radical (unpaired) electrons. The van der Waals surface area contributed by atoms with E-state index in [-0.39, 0.29) is 22.9 Å². The monoisotopic (exact) mass is 463 g/mol. The molecule has 1 saturated heterocycles. The van der Waals surface area contributed by atoms with Crippen molar-refractivity contribution in [1.82, 2.24) is 4.90 Å². The predicted molar refractivity (Wildman–Crippen MR) is 130 cm³/mol. The molecule has 2 heterocycles. The lowest BCUT2D eigenvalue weighted by molar-refractivity contribution is 0.182. The summed E-state index contributed by atoms with van der Waals surface area (Å²) >= 11 is 1.71. The number of nitrogens with zero attached hydrogens (tertiary/aromatic N) is 1. The van der Waals surface area contributed by atoms with Gasteiger partial charge in [0.05, 0.1) is 10.1 Å². The van der Waals surface area contributed by atoms with Crippen molar-refractivity contribution in [2.24, 2.45) is 0 Å². The lowest BCUT2D eigenvalue weighted by Gasteiger charge is -2.34. The van der Waals surface area contributed by atoms with Crippen LogP contribution in [0.25, 0.3) is 0 Å². The highest BCUT2D eigenvalue weighted by Gasteiger charge is 2.33. The standard InChI is InChI=1S/C27H29NO4S/c29-21-8-4-20(5-9-21)27-26(32-24-18-22(30)10-13-25(24)33-27)19-6-11-23(12-7-19)31-17-16-28-14-2-1-3-15-28/h4-13,18,26-27,29-30H,1-3,14-17H2/t26-,27+/m1/s1. The van der Waals surface area contributed by atoms with Crippen LogP contribution >= 0.6 is 11.8 Å². The number of aromatic hydroxyl groups is 2. The second-order valence-electron chi connectivity index (χ2n) is 8.62. The third-order valence-corrected chi connectivity index (χ3v) is 7.63. The first-order valence-electron chi connectivity index (χ1n) is 11.6. The first kappa shape index (κ1) is 22.0. The van der Waals surface area contributed by atoms with E-state index in [0.29, 0.717) is 12.4 Å². The summed E-state index contributed by atoms with van der Waals surface area (Å²) in [6.45, 7) is 4.01. The van der Waals surface area contributed by atoms with Gasteiger partial charge in [-0.1, -0.05) is 30.7 Å². The minimum atomic E-state index is -0.240. The van der Waals surface area contributed by atoms with Crippen LogP contribution < -0.4 is 9.47 Å². The molecule has 2 aliphatic rings. The third kappa shape index (κ3) is 5.23. The minimum Gasteiger partial charge on any atom is -0.508 e. The number of phenolic OH excluding ortho intramolecular Hbond substituents is 2. The zero-order chi connectivity index (χ0) is 22.6. The second kappa shape index (κ2) is 9.98. The molecule has 0 aromatic heterocycles. The van der Waals surface area contributed by atoms with E-state index in [0.717, 1.165) is 28.3 Å². The van der Waals surface area contributed by atoms with Crippen molar-refractivity contribution in [2.75, 3.05) is 26.2 Å². The summed E-state index contributed by atoms with van der Waals surface area (Å²) in [6, 6.07) is 20.6. The molecule has 2 atom stereocenters. The fourth-order valence-corrected chi connectivity index (χ4v) is 5.74. The van der Waals surface area contributed by atoms with Crippen molar-refractivity contribution in [1.29, 1.82) is 0 Å². The lowest BCUT2D eigenvalue weighted by atomic mass is 10.00. The molecule has 3 aromatic carbocycles. The molecule has 33 heavy (non-hydrogen) atoms. The fraction of sp³-hybridized carbons (Fsp3) is 0.333. The van der Waals surface area contributed by atoms with E-state index in [2.05, 4.69) is 17.0 Å². The Bertz CT molecular complexity index is 1060. The number of likely N-dealkylation sites (tertiary alicyclic amines) is 1. The van der Waals surface area contributed by atoms with E-state index >= 15 is 0 Å². The van der Waals surface area contributed by atoms with Crippen LogP contribution in [-0.4, -0.2) is 41.4 Å². The largest absolute Gasteiger partial charge is 0.508 e. The number of benzene rings is 3. The van der Waals surface area contributed by atoms with Gasteiger partial charge in [-0.2, -0.15) is 0 Å². The summed E-state index contributed by atoms with van der Waals surface area (Å²) in [5.41, 5.74) is 2.11. The minimum absolute atomic E-state index is 0.00788. The average Bonchev–Trinajstić information content (AvgIpc) is 2.85. The maximum atomic E-state index is 9.93. The Hall–Kier alpha value is -2.83. The Labute approximate surface area is 199 Å². The molecule has 5 nitrogen and oxygen atoms in total. The lowest BCUT2D eigenvalue weighted by Crippen LogP contribution is -2.33. The van der Waals surface area contributed by atoms with Gasteiger partial charge in [0.2, 0.25) is 0 Å². The predicted octanol–water partition coefficient (Wildman–Crippen LogP) is 5.93. The van der Waals surface area contributed by atoms with E-state index in [1.807, 2.05) is 30.3 Å². The molecular weight excluding hydrogens is 434 g/mol. The molecule has 0 unspecified atom stereocenters. The summed E-state index contributed by atoms with van der Waals surface area (Å²) in [5, 5.41) is 19.7. The maximum Gasteiger partial charge on any atom is 0.140 e. The number of rotatable bonds is 6. The molecule has 3 aromatic rings. The number of hydrogen-bond acceptors (Lipinski definition) is 6. The van der Waals surface area contributed by atoms with Gasteiger partial charge >= 0.3 is 0 Å². The Morgan fingerprint density at radius 1 is 0.848 bits per heavy atom. The summed E-state index contributed by atoms with van der Waals surface area (Å²) in [4.78, 5) is 3.46. The topological polar surface area (TPSA) is 62.2 Å². The molecular formula is C27H29NO4S. The normalized spacial score (nSPS) is 20.6. The van der Waals surface area contributed by atoms with Crippen LogP contribution in [0.15, 0.2) is 71.6 Å². The van der Waals surface area contributed by atoms with Crippen molar-refractivity contribution >= 4 is 11.8 Å². The number of piperidine rings is 1. The van der Waals surface area contributed by atoms with E-state index in [1.165, 1.54) is 32.4 Å². The molecule has 1 fully saturated rings. The Kier molecular flexibility index (Phi) is 6.65. The molecule has 6 heteroatoms. The van der Waals surface area contributed by atoms with Crippen molar-refractivity contribution in [3.05, 3.63) is 77.9 Å². The first-order chi connectivity index (χ1) is 16.2. The van der Waals surface area contributed by atoms with Crippen molar-refractivity contribution in [3.63, 3.8) is 0 Å². The van der Waals surface area contributed by atoms with Gasteiger partial charge < -0.3 is 19.7 Å². The van der Waals surface area contributed by atoms with E-state index in [9.17, 15) is 10.2 Å². The Balaban J connectivity index is 1.33. The SMILES string of the molecule is Oc1ccc([C@@H]2Sc3ccc(O)cc3O[C@@H]2c2ccc(OCCN3CCCCC3)cc2)cc1. The first-order valence-corrected chi connectivity index (χ1v) is 12.4. The Morgan fingerprint density at radius 3 is 2.30 bits per heavy atom. The molecule has 0 amide bonds. The van der Waals surface area contributed by atoms with Crippen LogP contribution in [0.2, 0.25) is 0 Å². The summed E-state index contributed by atoms with van der Waals surface area (Å²) in [7, 11) is 0. The third-order valence-electron chi connectivity index (χ3n) is 6.27. The smallest absolute Gasteiger partial charge is 0.140 e. The van der Waals surface area contributed by atoms with E-state index in [1.54, 1.807) is 36.0 Å². The highest BCUT2D eigenvalue weighted by molar-refractivity contribution is 7.99. The fourth-order valence-electron chi connectivity index (χ4n) is 4.46. The quantitative estimate of drug-likeness (QED) is 0.472. The summed E-state index contributed by atoms with van der Waals surface area (Å²) in [5.74, 6) is 1.97. The molecule has 2 aliphatic heterocycles. The highest BCUT2D eigenvalue weighted by Crippen LogP contribution is 2.53. The highest BCUT2D eigenvalue weighted by atomic mass is 32.2. The van der Waals surface area contributed by atoms with Crippen LogP contribution in [0.4, 0.5) is 0 Å². The van der Waals surface area contributed by atoms with E-state index < -0.39 is 0 Å². The van der Waals surface area contributed by atoms with Gasteiger partial charge in [0, 0.05) is 12.6 Å². The number of ether oxygens (including phenoxy) is 2. The van der Waals surface area contributed by atoms with Crippen LogP contribution in [0.1, 0.15) is 41.7 Å². The van der Waals surface area contributed by atoms with Crippen LogP contribution in [-0.2, 0) is 0 Å². The second-order valence-corrected chi connectivity index (χ2v) is 9.80. The van der Waals surface area contributed by atoms with Gasteiger partial charge in [-0.25, -0.2) is 0 Å². The van der Waals surface area contributed by atoms with Gasteiger partial charge in [0.1, 0.15) is 35.7 Å². The van der Waals surface area contributed by atoms with Gasteiger partial charge in [-0.15, -0.1) is 11.8 Å². The zero-order valence-corrected chi connectivity index (χ0v) is 19.3.